The lowest BCUT2D eigenvalue weighted by Crippen LogP contribution is -2.20. The second kappa shape index (κ2) is 4.26. The first-order valence-corrected chi connectivity index (χ1v) is 5.79. The van der Waals surface area contributed by atoms with E-state index in [1.54, 1.807) is 0 Å². The van der Waals surface area contributed by atoms with Crippen molar-refractivity contribution in [2.75, 3.05) is 6.54 Å². The highest BCUT2D eigenvalue weighted by Crippen LogP contribution is 2.24. The molecule has 0 amide bonds. The van der Waals surface area contributed by atoms with Crippen LogP contribution < -0.4 is 5.73 Å². The number of rotatable bonds is 3. The molecule has 0 aliphatic carbocycles. The molecule has 0 saturated carbocycles. The molecule has 86 valence electrons. The molecular formula is C13H19N3. The monoisotopic (exact) mass is 217 g/mol. The van der Waals surface area contributed by atoms with Gasteiger partial charge in [0.15, 0.2) is 0 Å². The molecule has 1 atom stereocenters. The first kappa shape index (κ1) is 11.1. The van der Waals surface area contributed by atoms with Crippen LogP contribution in [0.15, 0.2) is 24.3 Å². The van der Waals surface area contributed by atoms with Crippen molar-refractivity contribution in [2.45, 2.75) is 26.7 Å². The van der Waals surface area contributed by atoms with Gasteiger partial charge in [-0.25, -0.2) is 4.52 Å². The number of aryl methyl sites for hydroxylation is 1. The zero-order valence-electron chi connectivity index (χ0n) is 10.1. The number of nitrogens with zero attached hydrogens (tertiary/aromatic N) is 2. The van der Waals surface area contributed by atoms with Gasteiger partial charge < -0.3 is 5.73 Å². The van der Waals surface area contributed by atoms with Crippen molar-refractivity contribution in [1.82, 2.24) is 9.61 Å². The lowest BCUT2D eigenvalue weighted by atomic mass is 9.92. The van der Waals surface area contributed by atoms with Gasteiger partial charge in [-0.15, -0.1) is 0 Å². The molecule has 2 aromatic rings. The summed E-state index contributed by atoms with van der Waals surface area (Å²) in [4.78, 5) is 0. The van der Waals surface area contributed by atoms with Crippen molar-refractivity contribution in [1.29, 1.82) is 0 Å². The molecule has 0 aromatic carbocycles. The van der Waals surface area contributed by atoms with Crippen LogP contribution in [0, 0.1) is 12.8 Å². The predicted molar refractivity (Wildman–Crippen MR) is 66.6 cm³/mol. The number of nitrogens with two attached hydrogens (primary N) is 1. The SMILES string of the molecule is Cc1cc2cccc(C(CN)C(C)C)n2n1. The fourth-order valence-electron chi connectivity index (χ4n) is 2.18. The first-order chi connectivity index (χ1) is 7.63. The van der Waals surface area contributed by atoms with Gasteiger partial charge in [0.25, 0.3) is 0 Å². The molecule has 2 aromatic heterocycles. The molecular weight excluding hydrogens is 198 g/mol. The number of pyridine rings is 1. The van der Waals surface area contributed by atoms with E-state index in [0.717, 1.165) is 11.2 Å². The molecule has 0 saturated heterocycles. The minimum atomic E-state index is 0.364. The van der Waals surface area contributed by atoms with Crippen LogP contribution in [0.1, 0.15) is 31.2 Å². The van der Waals surface area contributed by atoms with Gasteiger partial charge in [-0.3, -0.25) is 0 Å². The second-order valence-electron chi connectivity index (χ2n) is 4.66. The van der Waals surface area contributed by atoms with Crippen molar-refractivity contribution < 1.29 is 0 Å². The van der Waals surface area contributed by atoms with Gasteiger partial charge >= 0.3 is 0 Å². The fourth-order valence-corrected chi connectivity index (χ4v) is 2.18. The predicted octanol–water partition coefficient (Wildman–Crippen LogP) is 2.34. The van der Waals surface area contributed by atoms with E-state index in [1.807, 2.05) is 11.4 Å². The van der Waals surface area contributed by atoms with E-state index in [4.69, 9.17) is 5.73 Å². The van der Waals surface area contributed by atoms with Crippen molar-refractivity contribution in [3.8, 4) is 0 Å². The van der Waals surface area contributed by atoms with Crippen molar-refractivity contribution in [3.05, 3.63) is 35.7 Å². The van der Waals surface area contributed by atoms with E-state index in [0.29, 0.717) is 18.4 Å². The Morgan fingerprint density at radius 1 is 1.38 bits per heavy atom. The summed E-state index contributed by atoms with van der Waals surface area (Å²) in [6.07, 6.45) is 0. The Morgan fingerprint density at radius 3 is 2.75 bits per heavy atom. The van der Waals surface area contributed by atoms with Crippen molar-refractivity contribution >= 4 is 5.52 Å². The van der Waals surface area contributed by atoms with Gasteiger partial charge in [-0.05, 0) is 31.0 Å². The second-order valence-corrected chi connectivity index (χ2v) is 4.66. The topological polar surface area (TPSA) is 43.3 Å². The maximum absolute atomic E-state index is 5.86. The zero-order chi connectivity index (χ0) is 11.7. The largest absolute Gasteiger partial charge is 0.330 e. The van der Waals surface area contributed by atoms with Crippen LogP contribution in [0.5, 0.6) is 0 Å². The Hall–Kier alpha value is -1.35. The summed E-state index contributed by atoms with van der Waals surface area (Å²) < 4.78 is 2.02. The Morgan fingerprint density at radius 2 is 2.12 bits per heavy atom. The van der Waals surface area contributed by atoms with Crippen LogP contribution in [0.25, 0.3) is 5.52 Å². The van der Waals surface area contributed by atoms with Crippen LogP contribution in [-0.4, -0.2) is 16.2 Å². The van der Waals surface area contributed by atoms with Crippen LogP contribution in [-0.2, 0) is 0 Å². The fraction of sp³-hybridized carbons (Fsp3) is 0.462. The first-order valence-electron chi connectivity index (χ1n) is 5.79. The molecule has 0 fully saturated rings. The molecule has 0 aliphatic heterocycles. The minimum absolute atomic E-state index is 0.364. The van der Waals surface area contributed by atoms with E-state index < -0.39 is 0 Å². The van der Waals surface area contributed by atoms with Crippen LogP contribution in [0.2, 0.25) is 0 Å². The number of hydrogen-bond acceptors (Lipinski definition) is 2. The highest BCUT2D eigenvalue weighted by atomic mass is 15.2. The van der Waals surface area contributed by atoms with E-state index in [-0.39, 0.29) is 0 Å². The summed E-state index contributed by atoms with van der Waals surface area (Å²) in [5.74, 6) is 0.892. The zero-order valence-corrected chi connectivity index (χ0v) is 10.1. The lowest BCUT2D eigenvalue weighted by Gasteiger charge is -2.20. The van der Waals surface area contributed by atoms with Gasteiger partial charge in [-0.2, -0.15) is 5.10 Å². The van der Waals surface area contributed by atoms with Gasteiger partial charge in [0.1, 0.15) is 0 Å². The van der Waals surface area contributed by atoms with Crippen LogP contribution in [0.3, 0.4) is 0 Å². The van der Waals surface area contributed by atoms with Crippen molar-refractivity contribution in [2.24, 2.45) is 11.7 Å². The Kier molecular flexibility index (Phi) is 2.97. The van der Waals surface area contributed by atoms with Gasteiger partial charge in [-0.1, -0.05) is 19.9 Å². The molecule has 0 spiro atoms. The molecule has 2 rings (SSSR count). The quantitative estimate of drug-likeness (QED) is 0.857. The lowest BCUT2D eigenvalue weighted by molar-refractivity contribution is 0.486. The molecule has 2 N–H and O–H groups in total. The summed E-state index contributed by atoms with van der Waals surface area (Å²) in [6, 6.07) is 8.38. The van der Waals surface area contributed by atoms with E-state index in [1.165, 1.54) is 5.69 Å². The summed E-state index contributed by atoms with van der Waals surface area (Å²) in [5, 5.41) is 4.53. The molecule has 1 unspecified atom stereocenters. The van der Waals surface area contributed by atoms with Gasteiger partial charge in [0.05, 0.1) is 11.2 Å². The summed E-state index contributed by atoms with van der Waals surface area (Å²) in [7, 11) is 0. The van der Waals surface area contributed by atoms with Crippen LogP contribution >= 0.6 is 0 Å². The maximum atomic E-state index is 5.86. The Balaban J connectivity index is 2.58. The third-order valence-corrected chi connectivity index (χ3v) is 3.08. The minimum Gasteiger partial charge on any atom is -0.330 e. The van der Waals surface area contributed by atoms with Gasteiger partial charge in [0, 0.05) is 18.2 Å². The molecule has 3 nitrogen and oxygen atoms in total. The number of fused-ring (bicyclic) bond motifs is 1. The summed E-state index contributed by atoms with van der Waals surface area (Å²) in [6.45, 7) is 7.08. The molecule has 16 heavy (non-hydrogen) atoms. The van der Waals surface area contributed by atoms with Gasteiger partial charge in [0.2, 0.25) is 0 Å². The van der Waals surface area contributed by atoms with Crippen molar-refractivity contribution in [3.63, 3.8) is 0 Å². The standard InChI is InChI=1S/C13H19N3/c1-9(2)12(8-14)13-6-4-5-11-7-10(3)15-16(11)13/h4-7,9,12H,8,14H2,1-3H3. The highest BCUT2D eigenvalue weighted by molar-refractivity contribution is 5.48. The average molecular weight is 217 g/mol. The van der Waals surface area contributed by atoms with E-state index in [2.05, 4.69) is 43.2 Å². The number of aromatic nitrogens is 2. The maximum Gasteiger partial charge on any atom is 0.0667 e. The third kappa shape index (κ3) is 1.83. The molecule has 0 radical (unpaired) electrons. The third-order valence-electron chi connectivity index (χ3n) is 3.08. The smallest absolute Gasteiger partial charge is 0.0667 e. The highest BCUT2D eigenvalue weighted by Gasteiger charge is 2.17. The normalized spacial score (nSPS) is 13.6. The Labute approximate surface area is 96.3 Å². The average Bonchev–Trinajstić information content (AvgIpc) is 2.59. The summed E-state index contributed by atoms with van der Waals surface area (Å²) >= 11 is 0. The molecule has 2 heterocycles. The van der Waals surface area contributed by atoms with Crippen LogP contribution in [0.4, 0.5) is 0 Å². The number of hydrogen-bond donors (Lipinski definition) is 1. The van der Waals surface area contributed by atoms with E-state index >= 15 is 0 Å². The summed E-state index contributed by atoms with van der Waals surface area (Å²) in [5.41, 5.74) is 9.27. The Bertz CT molecular complexity index is 485. The molecule has 0 aliphatic rings. The van der Waals surface area contributed by atoms with E-state index in [9.17, 15) is 0 Å². The molecule has 3 heteroatoms. The molecule has 0 bridgehead atoms.